The first-order valence-corrected chi connectivity index (χ1v) is 15.6. The Balaban J connectivity index is 1.77. The van der Waals surface area contributed by atoms with E-state index in [2.05, 4.69) is 63.4 Å². The Morgan fingerprint density at radius 2 is 1.68 bits per heavy atom. The number of amidine groups is 1. The number of allylic oxidation sites excluding steroid dienone is 4. The molecule has 1 aromatic heterocycles. The van der Waals surface area contributed by atoms with E-state index in [0.717, 1.165) is 84.0 Å². The van der Waals surface area contributed by atoms with E-state index < -0.39 is 5.67 Å². The second-order valence-corrected chi connectivity index (χ2v) is 12.6. The molecule has 238 valence electrons. The molecule has 1 aromatic carbocycles. The van der Waals surface area contributed by atoms with Crippen LogP contribution in [0, 0.1) is 0 Å². The SMILES string of the molecule is C=C(/C=C\C(CCCC/C(C)=N/N=C(\C)NC(C)(C)Cc1ccccn1)=N/C)N/C(=C/C)Cc1cccc(CC(C)(C)F)c1. The second kappa shape index (κ2) is 18.1. The van der Waals surface area contributed by atoms with Crippen LogP contribution in [0.2, 0.25) is 0 Å². The first-order valence-electron chi connectivity index (χ1n) is 15.6. The van der Waals surface area contributed by atoms with Crippen molar-refractivity contribution < 1.29 is 4.39 Å². The minimum absolute atomic E-state index is 0.176. The number of alkyl halides is 1. The van der Waals surface area contributed by atoms with E-state index in [0.29, 0.717) is 6.42 Å². The van der Waals surface area contributed by atoms with Gasteiger partial charge in [0.15, 0.2) is 0 Å². The Hall–Kier alpha value is -3.87. The third-order valence-corrected chi connectivity index (χ3v) is 6.90. The first kappa shape index (κ1) is 36.3. The third-order valence-electron chi connectivity index (χ3n) is 6.90. The molecule has 1 heterocycles. The summed E-state index contributed by atoms with van der Waals surface area (Å²) >= 11 is 0. The van der Waals surface area contributed by atoms with Crippen molar-refractivity contribution in [1.29, 1.82) is 0 Å². The van der Waals surface area contributed by atoms with Crippen LogP contribution in [0.5, 0.6) is 0 Å². The number of benzene rings is 1. The van der Waals surface area contributed by atoms with E-state index >= 15 is 0 Å². The number of aliphatic imine (C=N–C) groups is 1. The van der Waals surface area contributed by atoms with Gasteiger partial charge >= 0.3 is 0 Å². The van der Waals surface area contributed by atoms with Crippen molar-refractivity contribution in [2.75, 3.05) is 7.05 Å². The van der Waals surface area contributed by atoms with E-state index in [4.69, 9.17) is 0 Å². The summed E-state index contributed by atoms with van der Waals surface area (Å²) in [5.41, 5.74) is 5.67. The molecule has 0 radical (unpaired) electrons. The van der Waals surface area contributed by atoms with Crippen molar-refractivity contribution in [3.63, 3.8) is 0 Å². The van der Waals surface area contributed by atoms with Crippen molar-refractivity contribution in [3.05, 3.63) is 102 Å². The fraction of sp³-hybridized carbons (Fsp3) is 0.459. The summed E-state index contributed by atoms with van der Waals surface area (Å²) in [6.07, 6.45) is 13.6. The van der Waals surface area contributed by atoms with Gasteiger partial charge in [0, 0.05) is 66.6 Å². The molecule has 2 aromatic rings. The lowest BCUT2D eigenvalue weighted by molar-refractivity contribution is 0.217. The van der Waals surface area contributed by atoms with Crippen LogP contribution in [0.25, 0.3) is 0 Å². The molecule has 44 heavy (non-hydrogen) atoms. The number of unbranched alkanes of at least 4 members (excludes halogenated alkanes) is 1. The number of nitrogens with one attached hydrogen (secondary N) is 2. The number of hydrogen-bond donors (Lipinski definition) is 2. The minimum atomic E-state index is -1.23. The summed E-state index contributed by atoms with van der Waals surface area (Å²) in [7, 11) is 1.82. The molecular formula is C37H53FN6. The molecule has 0 fully saturated rings. The molecule has 2 rings (SSSR count). The van der Waals surface area contributed by atoms with Gasteiger partial charge in [0.25, 0.3) is 0 Å². The molecule has 0 aliphatic rings. The molecule has 6 nitrogen and oxygen atoms in total. The van der Waals surface area contributed by atoms with Gasteiger partial charge in [-0.2, -0.15) is 5.10 Å². The summed E-state index contributed by atoms with van der Waals surface area (Å²) in [4.78, 5) is 8.88. The zero-order valence-corrected chi connectivity index (χ0v) is 28.2. The molecule has 0 saturated carbocycles. The number of halogens is 1. The van der Waals surface area contributed by atoms with Gasteiger partial charge in [-0.1, -0.05) is 43.0 Å². The predicted octanol–water partition coefficient (Wildman–Crippen LogP) is 8.51. The van der Waals surface area contributed by atoms with Crippen LogP contribution in [-0.4, -0.2) is 40.5 Å². The van der Waals surface area contributed by atoms with Crippen LogP contribution in [0.4, 0.5) is 4.39 Å². The van der Waals surface area contributed by atoms with Crippen LogP contribution >= 0.6 is 0 Å². The lowest BCUT2D eigenvalue weighted by Crippen LogP contribution is -2.44. The molecular weight excluding hydrogens is 547 g/mol. The Morgan fingerprint density at radius 3 is 2.34 bits per heavy atom. The van der Waals surface area contributed by atoms with Gasteiger partial charge in [-0.3, -0.25) is 9.98 Å². The highest BCUT2D eigenvalue weighted by Crippen LogP contribution is 2.19. The van der Waals surface area contributed by atoms with Crippen LogP contribution in [0.15, 0.2) is 100 Å². The van der Waals surface area contributed by atoms with Crippen molar-refractivity contribution in [3.8, 4) is 0 Å². The van der Waals surface area contributed by atoms with Crippen LogP contribution in [0.3, 0.4) is 0 Å². The number of pyridine rings is 1. The highest BCUT2D eigenvalue weighted by Gasteiger charge is 2.19. The first-order chi connectivity index (χ1) is 20.8. The number of hydrogen-bond acceptors (Lipinski definition) is 5. The summed E-state index contributed by atoms with van der Waals surface area (Å²) in [5, 5.41) is 15.7. The summed E-state index contributed by atoms with van der Waals surface area (Å²) in [5.74, 6) is 0.792. The second-order valence-electron chi connectivity index (χ2n) is 12.6. The molecule has 0 amide bonds. The summed E-state index contributed by atoms with van der Waals surface area (Å²) in [6, 6.07) is 14.1. The van der Waals surface area contributed by atoms with Crippen molar-refractivity contribution >= 4 is 17.3 Å². The molecule has 0 spiro atoms. The van der Waals surface area contributed by atoms with Crippen LogP contribution < -0.4 is 10.6 Å². The average molecular weight is 601 g/mol. The van der Waals surface area contributed by atoms with Crippen molar-refractivity contribution in [1.82, 2.24) is 15.6 Å². The summed E-state index contributed by atoms with van der Waals surface area (Å²) in [6.45, 7) is 17.7. The maximum absolute atomic E-state index is 14.1. The van der Waals surface area contributed by atoms with E-state index in [-0.39, 0.29) is 5.54 Å². The molecule has 0 unspecified atom stereocenters. The topological polar surface area (TPSA) is 74.0 Å². The van der Waals surface area contributed by atoms with E-state index in [1.165, 1.54) is 0 Å². The predicted molar refractivity (Wildman–Crippen MR) is 187 cm³/mol. The maximum Gasteiger partial charge on any atom is 0.122 e. The van der Waals surface area contributed by atoms with E-state index in [9.17, 15) is 4.39 Å². The molecule has 0 aliphatic heterocycles. The highest BCUT2D eigenvalue weighted by atomic mass is 19.1. The van der Waals surface area contributed by atoms with E-state index in [1.807, 2.05) is 82.6 Å². The molecule has 0 bridgehead atoms. The molecule has 2 N–H and O–H groups in total. The number of nitrogens with zero attached hydrogens (tertiary/aromatic N) is 4. The van der Waals surface area contributed by atoms with Gasteiger partial charge < -0.3 is 10.6 Å². The standard InChI is InChI=1S/C37H53FN6/c1-10-33(25-31-17-15-18-32(24-31)26-36(5,6)38)41-28(2)21-22-34(39-9)19-12-11-16-29(3)43-44-30(4)42-37(7,8)27-35-20-13-14-23-40-35/h10,13-15,17-18,20-24,41H,2,11-12,16,19,25-27H2,1,3-9H3,(H,42,44)/b22-21-,33-10+,39-34-,43-29+. The largest absolute Gasteiger partial charge is 0.367 e. The molecule has 7 heteroatoms. The zero-order valence-electron chi connectivity index (χ0n) is 28.2. The normalized spacial score (nSPS) is 13.8. The molecule has 0 atom stereocenters. The van der Waals surface area contributed by atoms with Gasteiger partial charge in [-0.05, 0) is 110 Å². The molecule has 0 saturated heterocycles. The highest BCUT2D eigenvalue weighted by molar-refractivity contribution is 5.95. The summed E-state index contributed by atoms with van der Waals surface area (Å²) < 4.78 is 14.1. The Morgan fingerprint density at radius 1 is 0.955 bits per heavy atom. The smallest absolute Gasteiger partial charge is 0.122 e. The number of rotatable bonds is 17. The minimum Gasteiger partial charge on any atom is -0.367 e. The zero-order chi connectivity index (χ0) is 32.6. The van der Waals surface area contributed by atoms with Gasteiger partial charge in [0.05, 0.1) is 0 Å². The maximum atomic E-state index is 14.1. The quantitative estimate of drug-likeness (QED) is 0.0628. The fourth-order valence-corrected chi connectivity index (χ4v) is 4.90. The Bertz CT molecular complexity index is 1340. The Kier molecular flexibility index (Phi) is 14.9. The average Bonchev–Trinajstić information content (AvgIpc) is 2.94. The van der Waals surface area contributed by atoms with Gasteiger partial charge in [-0.25, -0.2) is 4.39 Å². The monoisotopic (exact) mass is 600 g/mol. The number of aromatic nitrogens is 1. The van der Waals surface area contributed by atoms with Crippen LogP contribution in [0.1, 0.15) is 91.0 Å². The Labute approximate surface area is 265 Å². The van der Waals surface area contributed by atoms with Gasteiger partial charge in [0.1, 0.15) is 11.5 Å². The lowest BCUT2D eigenvalue weighted by Gasteiger charge is -2.26. The lowest BCUT2D eigenvalue weighted by atomic mass is 9.97. The van der Waals surface area contributed by atoms with Gasteiger partial charge in [0.2, 0.25) is 0 Å². The fourth-order valence-electron chi connectivity index (χ4n) is 4.90. The van der Waals surface area contributed by atoms with Crippen molar-refractivity contribution in [2.24, 2.45) is 15.2 Å². The van der Waals surface area contributed by atoms with Gasteiger partial charge in [-0.15, -0.1) is 5.10 Å². The van der Waals surface area contributed by atoms with Crippen LogP contribution in [-0.2, 0) is 19.3 Å². The van der Waals surface area contributed by atoms with Crippen molar-refractivity contribution in [2.45, 2.75) is 105 Å². The third kappa shape index (κ3) is 15.6. The molecule has 0 aliphatic carbocycles. The van der Waals surface area contributed by atoms with E-state index in [1.54, 1.807) is 13.8 Å².